The van der Waals surface area contributed by atoms with E-state index in [-0.39, 0.29) is 5.92 Å². The van der Waals surface area contributed by atoms with Gasteiger partial charge in [0.1, 0.15) is 5.79 Å². The summed E-state index contributed by atoms with van der Waals surface area (Å²) in [6.07, 6.45) is 3.51. The van der Waals surface area contributed by atoms with E-state index >= 15 is 0 Å². The predicted molar refractivity (Wildman–Crippen MR) is 68.1 cm³/mol. The molecule has 1 saturated carbocycles. The average molecular weight is 228 g/mol. The van der Waals surface area contributed by atoms with Gasteiger partial charge in [0.25, 0.3) is 0 Å². The van der Waals surface area contributed by atoms with Crippen LogP contribution in [0.5, 0.6) is 0 Å². The van der Waals surface area contributed by atoms with Gasteiger partial charge in [0.05, 0.1) is 0 Å². The summed E-state index contributed by atoms with van der Waals surface area (Å²) in [6, 6.07) is 0. The van der Waals surface area contributed by atoms with E-state index in [1.807, 2.05) is 0 Å². The van der Waals surface area contributed by atoms with Crippen molar-refractivity contribution >= 4 is 0 Å². The molecule has 1 aliphatic carbocycles. The Morgan fingerprint density at radius 2 is 1.81 bits per heavy atom. The Labute approximate surface area is 99.1 Å². The largest absolute Gasteiger partial charge is 0.330 e. The van der Waals surface area contributed by atoms with E-state index in [9.17, 15) is 0 Å². The van der Waals surface area contributed by atoms with Crippen LogP contribution in [0.3, 0.4) is 0 Å². The molecule has 0 aromatic heterocycles. The molecular weight excluding hydrogens is 200 g/mol. The van der Waals surface area contributed by atoms with Crippen molar-refractivity contribution in [2.45, 2.75) is 45.8 Å². The van der Waals surface area contributed by atoms with Gasteiger partial charge in [-0.15, -0.1) is 0 Å². The van der Waals surface area contributed by atoms with E-state index in [2.05, 4.69) is 20.8 Å². The van der Waals surface area contributed by atoms with Crippen molar-refractivity contribution in [2.24, 2.45) is 46.1 Å². The lowest BCUT2D eigenvalue weighted by Crippen LogP contribution is -2.67. The van der Waals surface area contributed by atoms with E-state index in [1.165, 1.54) is 6.42 Å². The molecule has 3 atom stereocenters. The van der Waals surface area contributed by atoms with Gasteiger partial charge in [-0.1, -0.05) is 20.8 Å². The van der Waals surface area contributed by atoms with Gasteiger partial charge in [0.15, 0.2) is 0 Å². The van der Waals surface area contributed by atoms with Crippen LogP contribution in [0, 0.1) is 23.2 Å². The Kier molecular flexibility index (Phi) is 4.00. The molecular formula is C12H28N4. The number of hydrogen-bond acceptors (Lipinski definition) is 4. The highest BCUT2D eigenvalue weighted by atomic mass is 15.1. The van der Waals surface area contributed by atoms with Crippen molar-refractivity contribution < 1.29 is 0 Å². The van der Waals surface area contributed by atoms with E-state index in [0.717, 1.165) is 12.8 Å². The first-order valence-corrected chi connectivity index (χ1v) is 6.22. The molecule has 0 saturated heterocycles. The highest BCUT2D eigenvalue weighted by Crippen LogP contribution is 2.44. The van der Waals surface area contributed by atoms with E-state index in [0.29, 0.717) is 23.8 Å². The van der Waals surface area contributed by atoms with Crippen LogP contribution in [0.25, 0.3) is 0 Å². The fourth-order valence-electron chi connectivity index (χ4n) is 3.53. The van der Waals surface area contributed by atoms with Gasteiger partial charge < -0.3 is 22.9 Å². The highest BCUT2D eigenvalue weighted by molar-refractivity contribution is 4.92. The second-order valence-corrected chi connectivity index (χ2v) is 6.52. The first-order chi connectivity index (χ1) is 7.15. The minimum absolute atomic E-state index is 0.00882. The molecule has 8 N–H and O–H groups in total. The molecule has 0 amide bonds. The smallest absolute Gasteiger partial charge is 0.120 e. The third kappa shape index (κ3) is 3.42. The molecule has 16 heavy (non-hydrogen) atoms. The zero-order chi connectivity index (χ0) is 12.6. The molecule has 0 heterocycles. The monoisotopic (exact) mass is 228 g/mol. The molecule has 0 aromatic rings. The second-order valence-electron chi connectivity index (χ2n) is 6.52. The Morgan fingerprint density at radius 3 is 2.19 bits per heavy atom. The Morgan fingerprint density at radius 1 is 1.25 bits per heavy atom. The lowest BCUT2D eigenvalue weighted by atomic mass is 9.63. The molecule has 96 valence electrons. The minimum Gasteiger partial charge on any atom is -0.330 e. The molecule has 0 bridgehead atoms. The Balaban J connectivity index is 2.78. The topological polar surface area (TPSA) is 104 Å². The van der Waals surface area contributed by atoms with Crippen LogP contribution >= 0.6 is 0 Å². The molecule has 3 unspecified atom stereocenters. The van der Waals surface area contributed by atoms with Crippen molar-refractivity contribution in [1.29, 1.82) is 0 Å². The molecule has 0 aliphatic heterocycles. The molecule has 0 spiro atoms. The maximum Gasteiger partial charge on any atom is 0.120 e. The molecule has 1 fully saturated rings. The zero-order valence-electron chi connectivity index (χ0n) is 10.9. The van der Waals surface area contributed by atoms with Crippen molar-refractivity contribution in [3.05, 3.63) is 0 Å². The standard InChI is InChI=1S/C12H28N4/c1-8-4-9(6-11(2,3)5-8)10(7-13)12(14,15)16/h8-10H,4-7,13-16H2,1-3H3. The molecule has 0 aromatic carbocycles. The molecule has 4 nitrogen and oxygen atoms in total. The molecule has 4 heteroatoms. The first-order valence-electron chi connectivity index (χ1n) is 6.22. The maximum absolute atomic E-state index is 5.83. The fourth-order valence-corrected chi connectivity index (χ4v) is 3.53. The SMILES string of the molecule is CC1CC(C(CN)C(N)(N)N)CC(C)(C)C1. The fraction of sp³-hybridized carbons (Fsp3) is 1.00. The average Bonchev–Trinajstić information content (AvgIpc) is 1.97. The van der Waals surface area contributed by atoms with Crippen LogP contribution in [0.2, 0.25) is 0 Å². The maximum atomic E-state index is 5.83. The summed E-state index contributed by atoms with van der Waals surface area (Å²) in [5, 5.41) is 0. The highest BCUT2D eigenvalue weighted by Gasteiger charge is 2.40. The first kappa shape index (κ1) is 13.9. The lowest BCUT2D eigenvalue weighted by Gasteiger charge is -2.45. The van der Waals surface area contributed by atoms with Crippen LogP contribution in [-0.2, 0) is 0 Å². The Hall–Kier alpha value is -0.160. The molecule has 1 rings (SSSR count). The Bertz CT molecular complexity index is 228. The normalized spacial score (nSPS) is 32.4. The summed E-state index contributed by atoms with van der Waals surface area (Å²) in [7, 11) is 0. The minimum atomic E-state index is -1.15. The van der Waals surface area contributed by atoms with Gasteiger partial charge in [-0.25, -0.2) is 0 Å². The van der Waals surface area contributed by atoms with Crippen LogP contribution in [-0.4, -0.2) is 12.3 Å². The van der Waals surface area contributed by atoms with E-state index < -0.39 is 5.79 Å². The lowest BCUT2D eigenvalue weighted by molar-refractivity contribution is 0.0657. The van der Waals surface area contributed by atoms with Crippen molar-refractivity contribution in [1.82, 2.24) is 0 Å². The van der Waals surface area contributed by atoms with E-state index in [1.54, 1.807) is 0 Å². The summed E-state index contributed by atoms with van der Waals surface area (Å²) >= 11 is 0. The van der Waals surface area contributed by atoms with Gasteiger partial charge in [0, 0.05) is 5.92 Å². The zero-order valence-corrected chi connectivity index (χ0v) is 10.9. The van der Waals surface area contributed by atoms with Crippen LogP contribution in [0.15, 0.2) is 0 Å². The summed E-state index contributed by atoms with van der Waals surface area (Å²) in [4.78, 5) is 0. The summed E-state index contributed by atoms with van der Waals surface area (Å²) in [6.45, 7) is 7.35. The summed E-state index contributed by atoms with van der Waals surface area (Å²) in [5.74, 6) is 0.00968. The van der Waals surface area contributed by atoms with Crippen LogP contribution < -0.4 is 22.9 Å². The molecule has 0 radical (unpaired) electrons. The van der Waals surface area contributed by atoms with Crippen LogP contribution in [0.1, 0.15) is 40.0 Å². The second kappa shape index (κ2) is 4.61. The van der Waals surface area contributed by atoms with Crippen molar-refractivity contribution in [2.75, 3.05) is 6.54 Å². The number of hydrogen-bond donors (Lipinski definition) is 4. The van der Waals surface area contributed by atoms with Gasteiger partial charge in [0.2, 0.25) is 0 Å². The van der Waals surface area contributed by atoms with Crippen molar-refractivity contribution in [3.63, 3.8) is 0 Å². The van der Waals surface area contributed by atoms with Crippen LogP contribution in [0.4, 0.5) is 0 Å². The summed E-state index contributed by atoms with van der Waals surface area (Å²) in [5.41, 5.74) is 23.6. The number of nitrogens with two attached hydrogens (primary N) is 4. The van der Waals surface area contributed by atoms with Gasteiger partial charge >= 0.3 is 0 Å². The summed E-state index contributed by atoms with van der Waals surface area (Å²) < 4.78 is 0. The van der Waals surface area contributed by atoms with E-state index in [4.69, 9.17) is 22.9 Å². The number of rotatable bonds is 3. The predicted octanol–water partition coefficient (Wildman–Crippen LogP) is 0.554. The third-order valence-corrected chi connectivity index (χ3v) is 3.89. The van der Waals surface area contributed by atoms with Crippen molar-refractivity contribution in [3.8, 4) is 0 Å². The quantitative estimate of drug-likeness (QED) is 0.530. The molecule has 1 aliphatic rings. The van der Waals surface area contributed by atoms with Gasteiger partial charge in [-0.05, 0) is 43.1 Å². The van der Waals surface area contributed by atoms with Gasteiger partial charge in [-0.2, -0.15) is 0 Å². The third-order valence-electron chi connectivity index (χ3n) is 3.89. The van der Waals surface area contributed by atoms with Gasteiger partial charge in [-0.3, -0.25) is 0 Å².